The van der Waals surface area contributed by atoms with Crippen LogP contribution in [0.15, 0.2) is 12.3 Å². The number of rotatable bonds is 2. The topological polar surface area (TPSA) is 66.0 Å². The first-order valence-corrected chi connectivity index (χ1v) is 5.42. The maximum absolute atomic E-state index is 8.52. The van der Waals surface area contributed by atoms with Gasteiger partial charge in [0, 0.05) is 9.77 Å². The van der Waals surface area contributed by atoms with E-state index in [1.165, 1.54) is 0 Å². The van der Waals surface area contributed by atoms with Crippen molar-refractivity contribution in [1.82, 2.24) is 14.6 Å². The van der Waals surface area contributed by atoms with Gasteiger partial charge in [-0.25, -0.2) is 0 Å². The van der Waals surface area contributed by atoms with Gasteiger partial charge in [0.2, 0.25) is 0 Å². The molecule has 2 heterocycles. The molecule has 0 saturated heterocycles. The van der Waals surface area contributed by atoms with Crippen molar-refractivity contribution in [3.05, 3.63) is 21.7 Å². The standard InChI is InChI=1S/C9H8IN5/c1-6-13-14-9-8(12-3-2-11)4-7(10)5-15(6)9/h4-5,12H,3H2,1H3. The number of aromatic nitrogens is 3. The van der Waals surface area contributed by atoms with Crippen LogP contribution in [0.25, 0.3) is 5.65 Å². The van der Waals surface area contributed by atoms with Crippen LogP contribution in [0, 0.1) is 21.8 Å². The van der Waals surface area contributed by atoms with E-state index in [2.05, 4.69) is 38.1 Å². The largest absolute Gasteiger partial charge is 0.369 e. The third kappa shape index (κ3) is 1.87. The number of hydrogen-bond acceptors (Lipinski definition) is 4. The highest BCUT2D eigenvalue weighted by Crippen LogP contribution is 2.19. The van der Waals surface area contributed by atoms with Crippen LogP contribution in [0.3, 0.4) is 0 Å². The van der Waals surface area contributed by atoms with E-state index < -0.39 is 0 Å². The fourth-order valence-electron chi connectivity index (χ4n) is 1.34. The van der Waals surface area contributed by atoms with Gasteiger partial charge in [-0.15, -0.1) is 10.2 Å². The number of anilines is 1. The molecule has 0 aromatic carbocycles. The monoisotopic (exact) mass is 313 g/mol. The number of aryl methyl sites for hydroxylation is 1. The van der Waals surface area contributed by atoms with Crippen molar-refractivity contribution in [3.8, 4) is 6.07 Å². The SMILES string of the molecule is Cc1nnc2c(NCC#N)cc(I)cn12. The second-order valence-electron chi connectivity index (χ2n) is 3.02. The van der Waals surface area contributed by atoms with Gasteiger partial charge in [-0.1, -0.05) is 0 Å². The third-order valence-electron chi connectivity index (χ3n) is 2.00. The molecule has 1 N–H and O–H groups in total. The van der Waals surface area contributed by atoms with Crippen LogP contribution in [0.5, 0.6) is 0 Å². The number of nitrogens with zero attached hydrogens (tertiary/aromatic N) is 4. The van der Waals surface area contributed by atoms with Gasteiger partial charge < -0.3 is 5.32 Å². The molecule has 0 unspecified atom stereocenters. The fourth-order valence-corrected chi connectivity index (χ4v) is 1.93. The lowest BCUT2D eigenvalue weighted by Crippen LogP contribution is -2.02. The molecular formula is C9H8IN5. The van der Waals surface area contributed by atoms with Gasteiger partial charge in [-0.2, -0.15) is 5.26 Å². The highest BCUT2D eigenvalue weighted by atomic mass is 127. The Hall–Kier alpha value is -1.36. The molecule has 76 valence electrons. The highest BCUT2D eigenvalue weighted by molar-refractivity contribution is 14.1. The number of pyridine rings is 1. The van der Waals surface area contributed by atoms with Crippen molar-refractivity contribution < 1.29 is 0 Å². The van der Waals surface area contributed by atoms with Crippen molar-refractivity contribution in [2.24, 2.45) is 0 Å². The molecule has 0 bridgehead atoms. The zero-order valence-electron chi connectivity index (χ0n) is 8.03. The summed E-state index contributed by atoms with van der Waals surface area (Å²) in [5.41, 5.74) is 1.59. The molecule has 0 fully saturated rings. The Kier molecular flexibility index (Phi) is 2.73. The van der Waals surface area contributed by atoms with E-state index in [9.17, 15) is 0 Å². The van der Waals surface area contributed by atoms with Gasteiger partial charge >= 0.3 is 0 Å². The summed E-state index contributed by atoms with van der Waals surface area (Å²) in [4.78, 5) is 0. The summed E-state index contributed by atoms with van der Waals surface area (Å²) in [5.74, 6) is 0.837. The van der Waals surface area contributed by atoms with Gasteiger partial charge in [-0.3, -0.25) is 4.40 Å². The second kappa shape index (κ2) is 4.02. The average Bonchev–Trinajstić information content (AvgIpc) is 2.57. The molecule has 2 aromatic rings. The normalized spacial score (nSPS) is 10.2. The van der Waals surface area contributed by atoms with E-state index in [-0.39, 0.29) is 6.54 Å². The van der Waals surface area contributed by atoms with Crippen LogP contribution in [0.2, 0.25) is 0 Å². The van der Waals surface area contributed by atoms with Gasteiger partial charge in [0.1, 0.15) is 12.4 Å². The first-order chi connectivity index (χ1) is 7.22. The molecule has 2 aromatic heterocycles. The summed E-state index contributed by atoms with van der Waals surface area (Å²) >= 11 is 2.22. The van der Waals surface area contributed by atoms with E-state index in [0.717, 1.165) is 20.7 Å². The molecule has 0 amide bonds. The summed E-state index contributed by atoms with van der Waals surface area (Å²) in [6, 6.07) is 3.98. The van der Waals surface area contributed by atoms with Crippen molar-refractivity contribution in [2.45, 2.75) is 6.92 Å². The molecule has 0 aliphatic rings. The third-order valence-corrected chi connectivity index (χ3v) is 2.59. The summed E-state index contributed by atoms with van der Waals surface area (Å²) in [5, 5.41) is 19.6. The highest BCUT2D eigenvalue weighted by Gasteiger charge is 2.07. The zero-order chi connectivity index (χ0) is 10.8. The van der Waals surface area contributed by atoms with Crippen molar-refractivity contribution >= 4 is 33.9 Å². The smallest absolute Gasteiger partial charge is 0.184 e. The number of hydrogen-bond donors (Lipinski definition) is 1. The summed E-state index contributed by atoms with van der Waals surface area (Å²) in [7, 11) is 0. The number of nitrogens with one attached hydrogen (secondary N) is 1. The van der Waals surface area contributed by atoms with Gasteiger partial charge in [0.25, 0.3) is 0 Å². The van der Waals surface area contributed by atoms with Gasteiger partial charge in [0.15, 0.2) is 5.65 Å². The Labute approximate surface area is 100 Å². The number of halogens is 1. The minimum atomic E-state index is 0.266. The first-order valence-electron chi connectivity index (χ1n) is 4.34. The number of nitriles is 1. The Bertz CT molecular complexity index is 539. The van der Waals surface area contributed by atoms with Crippen LogP contribution in [-0.4, -0.2) is 21.1 Å². The van der Waals surface area contributed by atoms with E-state index in [4.69, 9.17) is 5.26 Å². The van der Waals surface area contributed by atoms with Crippen LogP contribution >= 0.6 is 22.6 Å². The minimum absolute atomic E-state index is 0.266. The van der Waals surface area contributed by atoms with Crippen LogP contribution < -0.4 is 5.32 Å². The molecule has 2 rings (SSSR count). The zero-order valence-corrected chi connectivity index (χ0v) is 10.2. The predicted octanol–water partition coefficient (Wildman–Crippen LogP) is 1.58. The quantitative estimate of drug-likeness (QED) is 0.675. The average molecular weight is 313 g/mol. The Morgan fingerprint density at radius 2 is 2.40 bits per heavy atom. The summed E-state index contributed by atoms with van der Waals surface area (Å²) in [6.45, 7) is 2.16. The molecule has 0 atom stereocenters. The molecule has 0 spiro atoms. The fraction of sp³-hybridized carbons (Fsp3) is 0.222. The van der Waals surface area contributed by atoms with Crippen LogP contribution in [-0.2, 0) is 0 Å². The molecule has 0 aliphatic heterocycles. The molecule has 0 aliphatic carbocycles. The van der Waals surface area contributed by atoms with E-state index in [1.54, 1.807) is 0 Å². The minimum Gasteiger partial charge on any atom is -0.369 e. The van der Waals surface area contributed by atoms with E-state index >= 15 is 0 Å². The van der Waals surface area contributed by atoms with Crippen LogP contribution in [0.1, 0.15) is 5.82 Å². The van der Waals surface area contributed by atoms with Gasteiger partial charge in [0.05, 0.1) is 11.8 Å². The Balaban J connectivity index is 2.57. The lowest BCUT2D eigenvalue weighted by Gasteiger charge is -2.04. The van der Waals surface area contributed by atoms with Crippen LogP contribution in [0.4, 0.5) is 5.69 Å². The van der Waals surface area contributed by atoms with Crippen molar-refractivity contribution in [3.63, 3.8) is 0 Å². The number of fused-ring (bicyclic) bond motifs is 1. The lowest BCUT2D eigenvalue weighted by molar-refractivity contribution is 1.00. The second-order valence-corrected chi connectivity index (χ2v) is 4.27. The first kappa shape index (κ1) is 10.2. The predicted molar refractivity (Wildman–Crippen MR) is 64.5 cm³/mol. The summed E-state index contributed by atoms with van der Waals surface area (Å²) in [6.07, 6.45) is 1.96. The Morgan fingerprint density at radius 1 is 1.60 bits per heavy atom. The molecule has 0 saturated carbocycles. The maximum Gasteiger partial charge on any atom is 0.184 e. The molecule has 6 heteroatoms. The molecule has 5 nitrogen and oxygen atoms in total. The molecule has 0 radical (unpaired) electrons. The lowest BCUT2D eigenvalue weighted by atomic mass is 10.4. The molecular weight excluding hydrogens is 305 g/mol. The summed E-state index contributed by atoms with van der Waals surface area (Å²) < 4.78 is 2.98. The van der Waals surface area contributed by atoms with Crippen molar-refractivity contribution in [1.29, 1.82) is 5.26 Å². The van der Waals surface area contributed by atoms with Crippen molar-refractivity contribution in [2.75, 3.05) is 11.9 Å². The molecule has 15 heavy (non-hydrogen) atoms. The van der Waals surface area contributed by atoms with Gasteiger partial charge in [-0.05, 0) is 35.6 Å². The van der Waals surface area contributed by atoms with E-state index in [1.807, 2.05) is 29.7 Å². The Morgan fingerprint density at radius 3 is 3.13 bits per heavy atom. The van der Waals surface area contributed by atoms with E-state index in [0.29, 0.717) is 0 Å². The maximum atomic E-state index is 8.52.